The molecule has 84 valence electrons. The van der Waals surface area contributed by atoms with E-state index in [0.29, 0.717) is 6.04 Å². The largest absolute Gasteiger partial charge is 0.313 e. The summed E-state index contributed by atoms with van der Waals surface area (Å²) in [4.78, 5) is 4.29. The Morgan fingerprint density at radius 2 is 2.33 bits per heavy atom. The number of pyridine rings is 1. The summed E-state index contributed by atoms with van der Waals surface area (Å²) in [5, 5.41) is 3.51. The quantitative estimate of drug-likeness (QED) is 0.769. The molecule has 0 spiro atoms. The normalized spacial score (nSPS) is 12.7. The van der Waals surface area contributed by atoms with Gasteiger partial charge in [0.25, 0.3) is 0 Å². The lowest BCUT2D eigenvalue weighted by Crippen LogP contribution is -2.30. The van der Waals surface area contributed by atoms with Gasteiger partial charge in [-0.05, 0) is 24.8 Å². The molecule has 0 fully saturated rings. The Morgan fingerprint density at radius 1 is 1.47 bits per heavy atom. The zero-order valence-electron chi connectivity index (χ0n) is 9.57. The van der Waals surface area contributed by atoms with Crippen molar-refractivity contribution < 1.29 is 0 Å². The maximum Gasteiger partial charge on any atom is 0.0416 e. The average Bonchev–Trinajstić information content (AvgIpc) is 2.28. The van der Waals surface area contributed by atoms with E-state index >= 15 is 0 Å². The molecule has 1 heterocycles. The van der Waals surface area contributed by atoms with Crippen molar-refractivity contribution >= 4 is 11.8 Å². The van der Waals surface area contributed by atoms with Crippen LogP contribution in [-0.4, -0.2) is 29.1 Å². The molecule has 0 saturated carbocycles. The lowest BCUT2D eigenvalue weighted by Gasteiger charge is -2.12. The van der Waals surface area contributed by atoms with Gasteiger partial charge in [-0.25, -0.2) is 0 Å². The number of thioether (sulfide) groups is 1. The molecule has 0 bridgehead atoms. The molecule has 0 saturated heterocycles. The lowest BCUT2D eigenvalue weighted by atomic mass is 10.2. The first kappa shape index (κ1) is 12.5. The Labute approximate surface area is 96.9 Å². The molecule has 0 amide bonds. The van der Waals surface area contributed by atoms with Crippen LogP contribution in [0.25, 0.3) is 0 Å². The van der Waals surface area contributed by atoms with Crippen LogP contribution in [0, 0.1) is 0 Å². The van der Waals surface area contributed by atoms with E-state index in [2.05, 4.69) is 30.2 Å². The van der Waals surface area contributed by atoms with Gasteiger partial charge in [0.15, 0.2) is 0 Å². The molecule has 0 aromatic carbocycles. The minimum absolute atomic E-state index is 0.596. The van der Waals surface area contributed by atoms with E-state index in [9.17, 15) is 0 Å². The molecule has 15 heavy (non-hydrogen) atoms. The van der Waals surface area contributed by atoms with Crippen molar-refractivity contribution in [2.24, 2.45) is 0 Å². The molecule has 0 aliphatic carbocycles. The van der Waals surface area contributed by atoms with Crippen molar-refractivity contribution in [1.82, 2.24) is 10.3 Å². The van der Waals surface area contributed by atoms with Crippen LogP contribution in [0.5, 0.6) is 0 Å². The summed E-state index contributed by atoms with van der Waals surface area (Å²) in [5.74, 6) is 2.39. The maximum atomic E-state index is 4.29. The predicted octanol–water partition coefficient (Wildman–Crippen LogP) is 2.36. The van der Waals surface area contributed by atoms with Crippen LogP contribution in [0.1, 0.15) is 19.5 Å². The molecule has 1 rings (SSSR count). The van der Waals surface area contributed by atoms with Gasteiger partial charge in [-0.3, -0.25) is 4.98 Å². The van der Waals surface area contributed by atoms with Gasteiger partial charge in [-0.2, -0.15) is 11.8 Å². The van der Waals surface area contributed by atoms with Gasteiger partial charge in [0.2, 0.25) is 0 Å². The number of hydrogen-bond acceptors (Lipinski definition) is 3. The first-order valence-electron chi connectivity index (χ1n) is 5.54. The Bertz CT molecular complexity index is 251. The van der Waals surface area contributed by atoms with Gasteiger partial charge in [0.1, 0.15) is 0 Å². The number of rotatable bonds is 7. The highest BCUT2D eigenvalue weighted by atomic mass is 32.2. The highest BCUT2D eigenvalue weighted by molar-refractivity contribution is 7.99. The zero-order valence-corrected chi connectivity index (χ0v) is 10.4. The molecule has 3 heteroatoms. The third kappa shape index (κ3) is 5.80. The number of aromatic nitrogens is 1. The first-order valence-corrected chi connectivity index (χ1v) is 6.69. The number of hydrogen-bond donors (Lipinski definition) is 1. The molecule has 1 aromatic rings. The SMILES string of the molecule is CCSCC(C)NCCc1ccccn1. The number of nitrogens with zero attached hydrogens (tertiary/aromatic N) is 1. The lowest BCUT2D eigenvalue weighted by molar-refractivity contribution is 0.594. The first-order chi connectivity index (χ1) is 7.33. The van der Waals surface area contributed by atoms with E-state index in [1.807, 2.05) is 30.1 Å². The Hall–Kier alpha value is -0.540. The Morgan fingerprint density at radius 3 is 3.00 bits per heavy atom. The van der Waals surface area contributed by atoms with E-state index in [0.717, 1.165) is 13.0 Å². The van der Waals surface area contributed by atoms with Gasteiger partial charge in [-0.15, -0.1) is 0 Å². The molecule has 0 aliphatic heterocycles. The van der Waals surface area contributed by atoms with Crippen LogP contribution in [0.2, 0.25) is 0 Å². The van der Waals surface area contributed by atoms with Gasteiger partial charge < -0.3 is 5.32 Å². The summed E-state index contributed by atoms with van der Waals surface area (Å²) in [6.07, 6.45) is 2.87. The van der Waals surface area contributed by atoms with E-state index in [-0.39, 0.29) is 0 Å². The highest BCUT2D eigenvalue weighted by Gasteiger charge is 2.00. The zero-order chi connectivity index (χ0) is 10.9. The smallest absolute Gasteiger partial charge is 0.0416 e. The third-order valence-corrected chi connectivity index (χ3v) is 3.32. The van der Waals surface area contributed by atoms with Crippen molar-refractivity contribution in [3.63, 3.8) is 0 Å². The molecule has 1 atom stereocenters. The van der Waals surface area contributed by atoms with E-state index < -0.39 is 0 Å². The average molecular weight is 224 g/mol. The third-order valence-electron chi connectivity index (χ3n) is 2.17. The Kier molecular flexibility index (Phi) is 6.44. The molecular formula is C12H20N2S. The highest BCUT2D eigenvalue weighted by Crippen LogP contribution is 2.01. The van der Waals surface area contributed by atoms with E-state index in [1.54, 1.807) is 0 Å². The maximum absolute atomic E-state index is 4.29. The summed E-state index contributed by atoms with van der Waals surface area (Å²) < 4.78 is 0. The summed E-state index contributed by atoms with van der Waals surface area (Å²) in [7, 11) is 0. The molecule has 2 nitrogen and oxygen atoms in total. The fourth-order valence-electron chi connectivity index (χ4n) is 1.35. The molecule has 1 N–H and O–H groups in total. The topological polar surface area (TPSA) is 24.9 Å². The second-order valence-electron chi connectivity index (χ2n) is 3.59. The summed E-state index contributed by atoms with van der Waals surface area (Å²) in [5.41, 5.74) is 1.17. The number of nitrogens with one attached hydrogen (secondary N) is 1. The Balaban J connectivity index is 2.11. The van der Waals surface area contributed by atoms with E-state index in [4.69, 9.17) is 0 Å². The minimum atomic E-state index is 0.596. The van der Waals surface area contributed by atoms with Crippen molar-refractivity contribution in [3.8, 4) is 0 Å². The van der Waals surface area contributed by atoms with Crippen LogP contribution in [0.4, 0.5) is 0 Å². The summed E-state index contributed by atoms with van der Waals surface area (Å²) >= 11 is 1.98. The molecule has 0 radical (unpaired) electrons. The van der Waals surface area contributed by atoms with Gasteiger partial charge in [0, 0.05) is 36.7 Å². The van der Waals surface area contributed by atoms with Crippen LogP contribution in [-0.2, 0) is 6.42 Å². The molecule has 1 unspecified atom stereocenters. The second-order valence-corrected chi connectivity index (χ2v) is 4.90. The predicted molar refractivity (Wildman–Crippen MR) is 68.4 cm³/mol. The fraction of sp³-hybridized carbons (Fsp3) is 0.583. The van der Waals surface area contributed by atoms with Crippen LogP contribution < -0.4 is 5.32 Å². The van der Waals surface area contributed by atoms with Crippen molar-refractivity contribution in [2.45, 2.75) is 26.3 Å². The molecule has 0 aliphatic rings. The van der Waals surface area contributed by atoms with Crippen molar-refractivity contribution in [1.29, 1.82) is 0 Å². The van der Waals surface area contributed by atoms with Crippen LogP contribution >= 0.6 is 11.8 Å². The van der Waals surface area contributed by atoms with Crippen LogP contribution in [0.15, 0.2) is 24.4 Å². The van der Waals surface area contributed by atoms with Crippen LogP contribution in [0.3, 0.4) is 0 Å². The standard InChI is InChI=1S/C12H20N2S/c1-3-15-10-11(2)13-9-7-12-6-4-5-8-14-12/h4-6,8,11,13H,3,7,9-10H2,1-2H3. The van der Waals surface area contributed by atoms with Gasteiger partial charge in [-0.1, -0.05) is 13.0 Å². The molecular weight excluding hydrogens is 204 g/mol. The monoisotopic (exact) mass is 224 g/mol. The molecule has 1 aromatic heterocycles. The van der Waals surface area contributed by atoms with Gasteiger partial charge >= 0.3 is 0 Å². The minimum Gasteiger partial charge on any atom is -0.313 e. The van der Waals surface area contributed by atoms with Gasteiger partial charge in [0.05, 0.1) is 0 Å². The second kappa shape index (κ2) is 7.71. The van der Waals surface area contributed by atoms with Crippen molar-refractivity contribution in [2.75, 3.05) is 18.1 Å². The summed E-state index contributed by atoms with van der Waals surface area (Å²) in [6.45, 7) is 5.45. The fourth-order valence-corrected chi connectivity index (χ4v) is 2.05. The van der Waals surface area contributed by atoms with Crippen molar-refractivity contribution in [3.05, 3.63) is 30.1 Å². The van der Waals surface area contributed by atoms with E-state index in [1.165, 1.54) is 17.2 Å². The summed E-state index contributed by atoms with van der Waals surface area (Å²) in [6, 6.07) is 6.67.